The summed E-state index contributed by atoms with van der Waals surface area (Å²) in [5.74, 6) is 0.464. The monoisotopic (exact) mass is 565 g/mol. The van der Waals surface area contributed by atoms with Gasteiger partial charge in [0.05, 0.1) is 23.0 Å². The van der Waals surface area contributed by atoms with Gasteiger partial charge >= 0.3 is 0 Å². The molecule has 3 aromatic rings. The summed E-state index contributed by atoms with van der Waals surface area (Å²) < 4.78 is 50.0. The minimum Gasteiger partial charge on any atom is -0.381 e. The van der Waals surface area contributed by atoms with Gasteiger partial charge in [-0.3, -0.25) is 0 Å². The topological polar surface area (TPSA) is 105 Å². The minimum atomic E-state index is -3.57. The van der Waals surface area contributed by atoms with Crippen LogP contribution in [0, 0.1) is 12.7 Å². The lowest BCUT2D eigenvalue weighted by Gasteiger charge is -2.33. The highest BCUT2D eigenvalue weighted by molar-refractivity contribution is 7.89. The Labute approximate surface area is 228 Å². The summed E-state index contributed by atoms with van der Waals surface area (Å²) in [6, 6.07) is 6.63. The molecule has 0 amide bonds. The first kappa shape index (κ1) is 28.4. The Morgan fingerprint density at radius 1 is 1.05 bits per heavy atom. The molecule has 4 heterocycles. The number of ether oxygens (including phenoxy) is 1. The molecular weight excluding hydrogens is 533 g/mol. The second-order valence-electron chi connectivity index (χ2n) is 9.28. The van der Waals surface area contributed by atoms with Gasteiger partial charge in [-0.2, -0.15) is 4.31 Å². The number of aromatic nitrogens is 4. The van der Waals surface area contributed by atoms with Gasteiger partial charge in [-0.1, -0.05) is 6.92 Å². The largest absolute Gasteiger partial charge is 0.381 e. The summed E-state index contributed by atoms with van der Waals surface area (Å²) in [6.45, 7) is 8.61. The summed E-state index contributed by atoms with van der Waals surface area (Å²) in [4.78, 5) is 15.4. The third-order valence-corrected chi connectivity index (χ3v) is 8.96. The number of sulfonamides is 1. The van der Waals surface area contributed by atoms with Crippen molar-refractivity contribution in [2.45, 2.75) is 37.6 Å². The van der Waals surface area contributed by atoms with Crippen LogP contribution >= 0.6 is 12.4 Å². The van der Waals surface area contributed by atoms with Crippen LogP contribution in [0.15, 0.2) is 41.6 Å². The first-order valence-corrected chi connectivity index (χ1v) is 14.0. The predicted molar refractivity (Wildman–Crippen MR) is 145 cm³/mol. The second kappa shape index (κ2) is 12.0. The molecule has 5 rings (SSSR count). The Balaban J connectivity index is 0.00000336. The van der Waals surface area contributed by atoms with Gasteiger partial charge in [0.15, 0.2) is 5.82 Å². The Kier molecular flexibility index (Phi) is 8.99. The molecule has 206 valence electrons. The maximum absolute atomic E-state index is 14.9. The number of halogens is 2. The van der Waals surface area contributed by atoms with Gasteiger partial charge in [0, 0.05) is 51.1 Å². The van der Waals surface area contributed by atoms with Crippen molar-refractivity contribution in [2.24, 2.45) is 0 Å². The SMILES string of the molecule is CCN1CCN(S(=O)(=O)c2ccc(Nc3ncc(F)c(-c4cnc(C)n4C4CCOCC4)n3)cc2)CC1.Cl. The zero-order valence-electron chi connectivity index (χ0n) is 21.5. The lowest BCUT2D eigenvalue weighted by molar-refractivity contribution is 0.0694. The van der Waals surface area contributed by atoms with Crippen LogP contribution in [-0.2, 0) is 14.8 Å². The lowest BCUT2D eigenvalue weighted by Crippen LogP contribution is -2.48. The molecule has 0 bridgehead atoms. The van der Waals surface area contributed by atoms with E-state index in [0.29, 0.717) is 37.7 Å². The number of hydrogen-bond acceptors (Lipinski definition) is 8. The van der Waals surface area contributed by atoms with E-state index in [2.05, 4.69) is 32.1 Å². The molecule has 0 saturated carbocycles. The molecule has 1 aromatic carbocycles. The van der Waals surface area contributed by atoms with Gasteiger partial charge < -0.3 is 19.5 Å². The van der Waals surface area contributed by atoms with E-state index in [1.165, 1.54) is 4.31 Å². The number of benzene rings is 1. The van der Waals surface area contributed by atoms with Crippen molar-refractivity contribution in [3.05, 3.63) is 48.3 Å². The Hall–Kier alpha value is -2.64. The van der Waals surface area contributed by atoms with Crippen LogP contribution < -0.4 is 5.32 Å². The standard InChI is InChI=1S/C25H32FN7O3S.ClH/c1-3-31-10-12-32(13-11-31)37(34,35)21-6-4-19(5-7-21)29-25-28-16-22(26)24(30-25)23-17-27-18(2)33(23)20-8-14-36-15-9-20;/h4-7,16-17,20H,3,8-15H2,1-2H3,(H,28,29,30);1H. The first-order valence-electron chi connectivity index (χ1n) is 12.6. The van der Waals surface area contributed by atoms with Crippen LogP contribution in [-0.4, -0.2) is 83.1 Å². The van der Waals surface area contributed by atoms with E-state index in [-0.39, 0.29) is 35.0 Å². The summed E-state index contributed by atoms with van der Waals surface area (Å²) in [5, 5.41) is 3.07. The highest BCUT2D eigenvalue weighted by Crippen LogP contribution is 2.31. The van der Waals surface area contributed by atoms with E-state index >= 15 is 0 Å². The quantitative estimate of drug-likeness (QED) is 0.463. The zero-order valence-corrected chi connectivity index (χ0v) is 23.1. The van der Waals surface area contributed by atoms with Crippen molar-refractivity contribution in [3.8, 4) is 11.4 Å². The predicted octanol–water partition coefficient (Wildman–Crippen LogP) is 3.63. The van der Waals surface area contributed by atoms with Crippen LogP contribution in [0.4, 0.5) is 16.0 Å². The Bertz CT molecular complexity index is 1340. The number of likely N-dealkylation sites (N-methyl/N-ethyl adjacent to an activating group) is 1. The second-order valence-corrected chi connectivity index (χ2v) is 11.2. The molecule has 2 fully saturated rings. The molecule has 0 aliphatic carbocycles. The van der Waals surface area contributed by atoms with E-state index in [1.807, 2.05) is 11.5 Å². The number of anilines is 2. The molecule has 2 aliphatic rings. The fourth-order valence-corrected chi connectivity index (χ4v) is 6.34. The highest BCUT2D eigenvalue weighted by atomic mass is 35.5. The fraction of sp³-hybridized carbons (Fsp3) is 0.480. The molecule has 2 aliphatic heterocycles. The number of hydrogen-bond donors (Lipinski definition) is 1. The van der Waals surface area contributed by atoms with E-state index in [9.17, 15) is 12.8 Å². The molecule has 1 N–H and O–H groups in total. The van der Waals surface area contributed by atoms with E-state index in [0.717, 1.165) is 44.5 Å². The maximum atomic E-state index is 14.9. The lowest BCUT2D eigenvalue weighted by atomic mass is 10.1. The smallest absolute Gasteiger partial charge is 0.243 e. The Morgan fingerprint density at radius 3 is 2.39 bits per heavy atom. The van der Waals surface area contributed by atoms with Crippen molar-refractivity contribution in [1.82, 2.24) is 28.7 Å². The molecule has 0 atom stereocenters. The molecule has 2 aromatic heterocycles. The molecule has 0 spiro atoms. The molecule has 38 heavy (non-hydrogen) atoms. The van der Waals surface area contributed by atoms with Crippen LogP contribution in [0.25, 0.3) is 11.4 Å². The van der Waals surface area contributed by atoms with Gasteiger partial charge in [0.25, 0.3) is 0 Å². The summed E-state index contributed by atoms with van der Waals surface area (Å²) in [6.07, 6.45) is 4.42. The number of piperazine rings is 1. The third kappa shape index (κ3) is 5.84. The highest BCUT2D eigenvalue weighted by Gasteiger charge is 2.28. The molecule has 13 heteroatoms. The van der Waals surface area contributed by atoms with Crippen LogP contribution in [0.5, 0.6) is 0 Å². The summed E-state index contributed by atoms with van der Waals surface area (Å²) in [7, 11) is -3.57. The maximum Gasteiger partial charge on any atom is 0.243 e. The van der Waals surface area contributed by atoms with Gasteiger partial charge in [-0.05, 0) is 50.6 Å². The Morgan fingerprint density at radius 2 is 1.74 bits per heavy atom. The number of nitrogens with one attached hydrogen (secondary N) is 1. The number of imidazole rings is 1. The van der Waals surface area contributed by atoms with Gasteiger partial charge in [0.1, 0.15) is 11.5 Å². The number of rotatable bonds is 7. The van der Waals surface area contributed by atoms with Gasteiger partial charge in [-0.15, -0.1) is 12.4 Å². The van der Waals surface area contributed by atoms with Gasteiger partial charge in [-0.25, -0.2) is 27.8 Å². The fourth-order valence-electron chi connectivity index (χ4n) is 4.91. The first-order chi connectivity index (χ1) is 17.9. The van der Waals surface area contributed by atoms with Crippen LogP contribution in [0.1, 0.15) is 31.6 Å². The third-order valence-electron chi connectivity index (χ3n) is 7.05. The minimum absolute atomic E-state index is 0. The molecule has 0 radical (unpaired) electrons. The summed E-state index contributed by atoms with van der Waals surface area (Å²) in [5.41, 5.74) is 1.36. The van der Waals surface area contributed by atoms with Crippen molar-refractivity contribution in [2.75, 3.05) is 51.3 Å². The molecular formula is C25H33ClFN7O3S. The molecule has 2 saturated heterocycles. The van der Waals surface area contributed by atoms with Crippen molar-refractivity contribution in [1.29, 1.82) is 0 Å². The summed E-state index contributed by atoms with van der Waals surface area (Å²) >= 11 is 0. The van der Waals surface area contributed by atoms with Gasteiger partial charge in [0.2, 0.25) is 16.0 Å². The average Bonchev–Trinajstić information content (AvgIpc) is 3.31. The normalized spacial score (nSPS) is 17.8. The molecule has 10 nitrogen and oxygen atoms in total. The van der Waals surface area contributed by atoms with E-state index < -0.39 is 15.8 Å². The molecule has 0 unspecified atom stereocenters. The van der Waals surface area contributed by atoms with Crippen LogP contribution in [0.2, 0.25) is 0 Å². The van der Waals surface area contributed by atoms with E-state index in [1.54, 1.807) is 30.5 Å². The number of aryl methyl sites for hydroxylation is 1. The average molecular weight is 566 g/mol. The number of nitrogens with zero attached hydrogens (tertiary/aromatic N) is 6. The van der Waals surface area contributed by atoms with Crippen molar-refractivity contribution >= 4 is 34.1 Å². The van der Waals surface area contributed by atoms with Crippen molar-refractivity contribution < 1.29 is 17.5 Å². The van der Waals surface area contributed by atoms with E-state index in [4.69, 9.17) is 4.74 Å². The zero-order chi connectivity index (χ0) is 26.0. The van der Waals surface area contributed by atoms with Crippen LogP contribution in [0.3, 0.4) is 0 Å². The van der Waals surface area contributed by atoms with Crippen molar-refractivity contribution in [3.63, 3.8) is 0 Å².